The van der Waals surface area contributed by atoms with Crippen LogP contribution in [0.2, 0.25) is 0 Å². The summed E-state index contributed by atoms with van der Waals surface area (Å²) in [5.74, 6) is 2.20. The molecule has 4 aromatic rings. The number of piperazine rings is 1. The highest BCUT2D eigenvalue weighted by Crippen LogP contribution is 2.30. The summed E-state index contributed by atoms with van der Waals surface area (Å²) in [5.41, 5.74) is 9.36. The van der Waals surface area contributed by atoms with Gasteiger partial charge in [-0.05, 0) is 44.0 Å². The molecule has 5 rings (SSSR count). The number of aryl methyl sites for hydroxylation is 1. The van der Waals surface area contributed by atoms with E-state index in [1.54, 1.807) is 26.6 Å². The van der Waals surface area contributed by atoms with Crippen LogP contribution in [-0.4, -0.2) is 59.7 Å². The first-order valence-corrected chi connectivity index (χ1v) is 11.5. The number of aromatic amines is 1. The van der Waals surface area contributed by atoms with E-state index in [0.717, 1.165) is 73.4 Å². The number of hydrogen-bond donors (Lipinski definition) is 2. The van der Waals surface area contributed by atoms with E-state index in [-0.39, 0.29) is 5.43 Å². The second kappa shape index (κ2) is 8.90. The molecule has 3 heterocycles. The number of benzene rings is 1. The summed E-state index contributed by atoms with van der Waals surface area (Å²) in [6.45, 7) is 6.34. The zero-order chi connectivity index (χ0) is 23.8. The van der Waals surface area contributed by atoms with E-state index in [9.17, 15) is 9.59 Å². The molecule has 3 N–H and O–H groups in total. The lowest BCUT2D eigenvalue weighted by Crippen LogP contribution is -2.47. The van der Waals surface area contributed by atoms with Gasteiger partial charge < -0.3 is 20.4 Å². The van der Waals surface area contributed by atoms with Crippen LogP contribution in [-0.2, 0) is 6.42 Å². The molecule has 176 valence electrons. The summed E-state index contributed by atoms with van der Waals surface area (Å²) in [7, 11) is 1.64. The Morgan fingerprint density at radius 2 is 1.94 bits per heavy atom. The predicted octanol–water partition coefficient (Wildman–Crippen LogP) is 1.87. The van der Waals surface area contributed by atoms with Gasteiger partial charge in [0, 0.05) is 53.8 Å². The van der Waals surface area contributed by atoms with Crippen molar-refractivity contribution in [2.24, 2.45) is 0 Å². The fourth-order valence-corrected chi connectivity index (χ4v) is 4.90. The zero-order valence-electron chi connectivity index (χ0n) is 19.4. The summed E-state index contributed by atoms with van der Waals surface area (Å²) in [4.78, 5) is 40.0. The third-order valence-corrected chi connectivity index (χ3v) is 6.83. The number of H-pyrrole nitrogens is 1. The van der Waals surface area contributed by atoms with Gasteiger partial charge >= 0.3 is 0 Å². The average molecular weight is 461 g/mol. The molecule has 0 atom stereocenters. The molecule has 0 radical (unpaired) electrons. The number of aromatic nitrogens is 3. The number of hydrogen-bond acceptors (Lipinski definition) is 8. The van der Waals surface area contributed by atoms with Gasteiger partial charge in [-0.15, -0.1) is 0 Å². The Labute approximate surface area is 196 Å². The van der Waals surface area contributed by atoms with E-state index >= 15 is 0 Å². The smallest absolute Gasteiger partial charge is 0.234 e. The molecule has 0 bridgehead atoms. The summed E-state index contributed by atoms with van der Waals surface area (Å²) < 4.78 is 5.40. The fraction of sp³-hybridized carbons (Fsp3) is 0.360. The van der Waals surface area contributed by atoms with Crippen LogP contribution in [0.3, 0.4) is 0 Å². The van der Waals surface area contributed by atoms with Gasteiger partial charge in [0.1, 0.15) is 12.1 Å². The number of rotatable bonds is 7. The van der Waals surface area contributed by atoms with Crippen LogP contribution in [0.15, 0.2) is 40.3 Å². The van der Waals surface area contributed by atoms with Crippen molar-refractivity contribution in [2.75, 3.05) is 50.5 Å². The molecule has 9 heteroatoms. The van der Waals surface area contributed by atoms with Gasteiger partial charge in [0.05, 0.1) is 13.3 Å². The molecule has 1 saturated heterocycles. The van der Waals surface area contributed by atoms with Crippen LogP contribution in [0.5, 0.6) is 5.75 Å². The van der Waals surface area contributed by atoms with Crippen LogP contribution in [0.25, 0.3) is 22.0 Å². The van der Waals surface area contributed by atoms with Gasteiger partial charge in [-0.25, -0.2) is 9.97 Å². The largest absolute Gasteiger partial charge is 0.491 e. The first kappa shape index (κ1) is 22.1. The Morgan fingerprint density at radius 1 is 1.15 bits per heavy atom. The van der Waals surface area contributed by atoms with Crippen molar-refractivity contribution in [1.82, 2.24) is 19.9 Å². The topological polar surface area (TPSA) is 117 Å². The lowest BCUT2D eigenvalue weighted by Gasteiger charge is -2.35. The number of nitrogens with two attached hydrogens (primary N) is 1. The van der Waals surface area contributed by atoms with Gasteiger partial charge in [-0.3, -0.25) is 14.5 Å². The van der Waals surface area contributed by atoms with E-state index in [1.807, 2.05) is 18.2 Å². The average Bonchev–Trinajstić information content (AvgIpc) is 3.18. The van der Waals surface area contributed by atoms with Crippen molar-refractivity contribution in [1.29, 1.82) is 0 Å². The molecule has 1 aliphatic heterocycles. The Balaban J connectivity index is 1.23. The molecule has 1 fully saturated rings. The second-order valence-electron chi connectivity index (χ2n) is 8.78. The summed E-state index contributed by atoms with van der Waals surface area (Å²) >= 11 is 0. The van der Waals surface area contributed by atoms with Crippen molar-refractivity contribution in [3.63, 3.8) is 0 Å². The Morgan fingerprint density at radius 3 is 2.68 bits per heavy atom. The zero-order valence-corrected chi connectivity index (χ0v) is 19.4. The van der Waals surface area contributed by atoms with Gasteiger partial charge in [-0.1, -0.05) is 6.07 Å². The summed E-state index contributed by atoms with van der Waals surface area (Å²) in [6.07, 6.45) is 5.05. The molecule has 0 saturated carbocycles. The van der Waals surface area contributed by atoms with E-state index in [2.05, 4.69) is 24.8 Å². The molecule has 2 aromatic heterocycles. The molecule has 2 aromatic carbocycles. The maximum atomic E-state index is 12.0. The van der Waals surface area contributed by atoms with Crippen LogP contribution >= 0.6 is 0 Å². The molecule has 0 unspecified atom stereocenters. The van der Waals surface area contributed by atoms with E-state index in [0.29, 0.717) is 22.7 Å². The number of fused-ring (bicyclic) bond motifs is 1. The molecule has 0 aliphatic carbocycles. The van der Waals surface area contributed by atoms with Crippen molar-refractivity contribution in [3.8, 4) is 16.9 Å². The fourth-order valence-electron chi connectivity index (χ4n) is 4.90. The Bertz CT molecular complexity index is 1410. The minimum atomic E-state index is -0.402. The first-order chi connectivity index (χ1) is 16.5. The molecule has 9 nitrogen and oxygen atoms in total. The molecule has 34 heavy (non-hydrogen) atoms. The monoisotopic (exact) mass is 460 g/mol. The van der Waals surface area contributed by atoms with Gasteiger partial charge in [-0.2, -0.15) is 0 Å². The van der Waals surface area contributed by atoms with Crippen LogP contribution < -0.4 is 26.2 Å². The number of nitrogens with zero attached hydrogens (tertiary/aromatic N) is 4. The molecule has 0 spiro atoms. The van der Waals surface area contributed by atoms with Crippen molar-refractivity contribution >= 4 is 22.5 Å². The second-order valence-corrected chi connectivity index (χ2v) is 8.78. The third-order valence-electron chi connectivity index (χ3n) is 6.83. The number of nitrogens with one attached hydrogen (secondary N) is 1. The molecular formula is C25H28N6O3. The third kappa shape index (κ3) is 3.81. The van der Waals surface area contributed by atoms with Crippen LogP contribution in [0, 0.1) is 6.92 Å². The van der Waals surface area contributed by atoms with E-state index < -0.39 is 5.43 Å². The number of nitrogen functional groups attached to an aromatic ring is 1. The highest BCUT2D eigenvalue weighted by molar-refractivity contribution is 5.92. The number of ether oxygens (including phenoxy) is 1. The minimum Gasteiger partial charge on any atom is -0.491 e. The maximum Gasteiger partial charge on any atom is 0.234 e. The van der Waals surface area contributed by atoms with E-state index in [4.69, 9.17) is 10.5 Å². The number of anilines is 2. The van der Waals surface area contributed by atoms with Gasteiger partial charge in [0.2, 0.25) is 10.9 Å². The first-order valence-electron chi connectivity index (χ1n) is 11.5. The predicted molar refractivity (Wildman–Crippen MR) is 133 cm³/mol. The highest BCUT2D eigenvalue weighted by atomic mass is 16.5. The lowest BCUT2D eigenvalue weighted by atomic mass is 9.93. The van der Waals surface area contributed by atoms with Gasteiger partial charge in [0.25, 0.3) is 0 Å². The Hall–Kier alpha value is -3.72. The lowest BCUT2D eigenvalue weighted by molar-refractivity contribution is 0.253. The van der Waals surface area contributed by atoms with Crippen LogP contribution in [0.1, 0.15) is 17.5 Å². The van der Waals surface area contributed by atoms with Crippen LogP contribution in [0.4, 0.5) is 11.6 Å². The SMILES string of the molecule is COc1cncnc1N1CCN(CCCc2c(N)[nH]c3ccc(-c4c(C)c(=O)c4=O)cc23)CC1. The normalized spacial score (nSPS) is 14.8. The van der Waals surface area contributed by atoms with Crippen molar-refractivity contribution in [2.45, 2.75) is 19.8 Å². The van der Waals surface area contributed by atoms with Crippen molar-refractivity contribution < 1.29 is 4.74 Å². The number of methoxy groups -OCH3 is 1. The molecular weight excluding hydrogens is 432 g/mol. The summed E-state index contributed by atoms with van der Waals surface area (Å²) in [6, 6.07) is 5.79. The minimum absolute atomic E-state index is 0.387. The standard InChI is InChI=1S/C25H28N6O3/c1-15-21(23(33)22(15)32)16-5-6-19-18(12-16)17(24(26)29-19)4-3-7-30-8-10-31(11-9-30)25-20(34-2)13-27-14-28-25/h5-6,12-14,29H,3-4,7-11,26H2,1-2H3. The highest BCUT2D eigenvalue weighted by Gasteiger charge is 2.22. The quantitative estimate of drug-likeness (QED) is 0.402. The maximum absolute atomic E-state index is 12.0. The Kier molecular flexibility index (Phi) is 5.79. The molecule has 0 amide bonds. The van der Waals surface area contributed by atoms with Gasteiger partial charge in [0.15, 0.2) is 11.6 Å². The molecule has 1 aliphatic rings. The summed E-state index contributed by atoms with van der Waals surface area (Å²) in [5, 5.41) is 1.02. The van der Waals surface area contributed by atoms with Crippen molar-refractivity contribution in [3.05, 3.63) is 62.3 Å². The van der Waals surface area contributed by atoms with E-state index in [1.165, 1.54) is 0 Å².